The van der Waals surface area contributed by atoms with E-state index in [2.05, 4.69) is 20.8 Å². The van der Waals surface area contributed by atoms with Crippen LogP contribution in [0.4, 0.5) is 0 Å². The van der Waals surface area contributed by atoms with E-state index < -0.39 is 0 Å². The maximum absolute atomic E-state index is 5.51. The number of hydrogen-bond acceptors (Lipinski definition) is 1. The monoisotopic (exact) mass is 185 g/mol. The minimum atomic E-state index is 0.596. The molecule has 0 amide bonds. The molecular weight excluding hydrogens is 158 g/mol. The zero-order chi connectivity index (χ0) is 10.2. The zero-order valence-electron chi connectivity index (χ0n) is 9.73. The molecule has 0 radical (unpaired) electrons. The largest absolute Gasteiger partial charge is 0.330 e. The Morgan fingerprint density at radius 2 is 1.46 bits per heavy atom. The van der Waals surface area contributed by atoms with Gasteiger partial charge in [-0.25, -0.2) is 0 Å². The highest BCUT2D eigenvalue weighted by atomic mass is 14.5. The molecule has 0 heterocycles. The van der Waals surface area contributed by atoms with Crippen molar-refractivity contribution >= 4 is 0 Å². The van der Waals surface area contributed by atoms with Crippen molar-refractivity contribution in [2.75, 3.05) is 6.54 Å². The fourth-order valence-corrected chi connectivity index (χ4v) is 2.28. The Bertz CT molecular complexity index is 104. The highest BCUT2D eigenvalue weighted by molar-refractivity contribution is 4.73. The number of unbranched alkanes of at least 4 members (excludes halogenated alkanes) is 1. The van der Waals surface area contributed by atoms with E-state index >= 15 is 0 Å². The van der Waals surface area contributed by atoms with Crippen LogP contribution < -0.4 is 5.73 Å². The molecule has 13 heavy (non-hydrogen) atoms. The summed E-state index contributed by atoms with van der Waals surface area (Å²) in [6.45, 7) is 7.87. The number of nitrogens with two attached hydrogens (primary N) is 1. The summed E-state index contributed by atoms with van der Waals surface area (Å²) in [5.41, 5.74) is 6.10. The topological polar surface area (TPSA) is 26.0 Å². The third-order valence-corrected chi connectivity index (χ3v) is 2.94. The third-order valence-electron chi connectivity index (χ3n) is 2.94. The Kier molecular flexibility index (Phi) is 7.35. The maximum Gasteiger partial charge on any atom is -0.00773 e. The molecule has 0 bridgehead atoms. The molecule has 0 aliphatic carbocycles. The van der Waals surface area contributed by atoms with Gasteiger partial charge in [0.25, 0.3) is 0 Å². The highest BCUT2D eigenvalue weighted by Crippen LogP contribution is 2.34. The van der Waals surface area contributed by atoms with Crippen LogP contribution in [0.25, 0.3) is 0 Å². The van der Waals surface area contributed by atoms with Crippen LogP contribution in [-0.2, 0) is 0 Å². The van der Waals surface area contributed by atoms with Gasteiger partial charge in [0, 0.05) is 0 Å². The van der Waals surface area contributed by atoms with E-state index in [4.69, 9.17) is 5.73 Å². The molecule has 0 unspecified atom stereocenters. The molecule has 0 aliphatic heterocycles. The first kappa shape index (κ1) is 13.0. The SMILES string of the molecule is CCCC(C)(CCC)CCCCN. The predicted octanol–water partition coefficient (Wildman–Crippen LogP) is 3.72. The molecule has 1 heteroatoms. The molecular formula is C12H27N. The lowest BCUT2D eigenvalue weighted by Gasteiger charge is -2.29. The molecule has 0 fully saturated rings. The van der Waals surface area contributed by atoms with Crippen LogP contribution in [-0.4, -0.2) is 6.54 Å². The second kappa shape index (κ2) is 7.37. The Balaban J connectivity index is 3.76. The molecule has 0 aromatic rings. The van der Waals surface area contributed by atoms with Gasteiger partial charge in [0.2, 0.25) is 0 Å². The molecule has 1 nitrogen and oxygen atoms in total. The van der Waals surface area contributed by atoms with Crippen LogP contribution in [0.15, 0.2) is 0 Å². The van der Waals surface area contributed by atoms with Crippen LogP contribution in [0.2, 0.25) is 0 Å². The normalized spacial score (nSPS) is 12.0. The lowest BCUT2D eigenvalue weighted by molar-refractivity contribution is 0.236. The Hall–Kier alpha value is -0.0400. The van der Waals surface area contributed by atoms with Gasteiger partial charge in [-0.1, -0.05) is 40.0 Å². The van der Waals surface area contributed by atoms with Crippen molar-refractivity contribution in [2.24, 2.45) is 11.1 Å². The van der Waals surface area contributed by atoms with Crippen molar-refractivity contribution < 1.29 is 0 Å². The van der Waals surface area contributed by atoms with E-state index in [1.165, 1.54) is 44.9 Å². The first-order valence-corrected chi connectivity index (χ1v) is 5.88. The van der Waals surface area contributed by atoms with Gasteiger partial charge in [0.05, 0.1) is 0 Å². The molecule has 0 aromatic carbocycles. The first-order valence-electron chi connectivity index (χ1n) is 5.88. The quantitative estimate of drug-likeness (QED) is 0.573. The van der Waals surface area contributed by atoms with E-state index in [1.807, 2.05) is 0 Å². The fourth-order valence-electron chi connectivity index (χ4n) is 2.28. The summed E-state index contributed by atoms with van der Waals surface area (Å²) >= 11 is 0. The summed E-state index contributed by atoms with van der Waals surface area (Å²) in [4.78, 5) is 0. The summed E-state index contributed by atoms with van der Waals surface area (Å²) in [6.07, 6.45) is 9.27. The fraction of sp³-hybridized carbons (Fsp3) is 1.00. The maximum atomic E-state index is 5.51. The highest BCUT2D eigenvalue weighted by Gasteiger charge is 2.20. The van der Waals surface area contributed by atoms with Crippen molar-refractivity contribution in [3.8, 4) is 0 Å². The van der Waals surface area contributed by atoms with Crippen LogP contribution >= 0.6 is 0 Å². The average Bonchev–Trinajstić information content (AvgIpc) is 2.05. The third kappa shape index (κ3) is 6.09. The summed E-state index contributed by atoms with van der Waals surface area (Å²) < 4.78 is 0. The number of hydrogen-bond donors (Lipinski definition) is 1. The lowest BCUT2D eigenvalue weighted by atomic mass is 9.77. The van der Waals surface area contributed by atoms with Gasteiger partial charge in [0.1, 0.15) is 0 Å². The van der Waals surface area contributed by atoms with Crippen molar-refractivity contribution in [1.82, 2.24) is 0 Å². The van der Waals surface area contributed by atoms with Gasteiger partial charge in [-0.3, -0.25) is 0 Å². The Morgan fingerprint density at radius 1 is 0.923 bits per heavy atom. The van der Waals surface area contributed by atoms with Crippen molar-refractivity contribution in [1.29, 1.82) is 0 Å². The summed E-state index contributed by atoms with van der Waals surface area (Å²) in [5.74, 6) is 0. The molecule has 0 aliphatic rings. The Labute approximate surface area is 84.1 Å². The smallest absolute Gasteiger partial charge is 0.00773 e. The van der Waals surface area contributed by atoms with Crippen LogP contribution in [0.3, 0.4) is 0 Å². The molecule has 0 atom stereocenters. The second-order valence-electron chi connectivity index (χ2n) is 4.56. The molecule has 80 valence electrons. The van der Waals surface area contributed by atoms with Crippen LogP contribution in [0.5, 0.6) is 0 Å². The van der Waals surface area contributed by atoms with E-state index in [0.29, 0.717) is 5.41 Å². The van der Waals surface area contributed by atoms with Crippen molar-refractivity contribution in [2.45, 2.75) is 65.7 Å². The van der Waals surface area contributed by atoms with E-state index in [1.54, 1.807) is 0 Å². The van der Waals surface area contributed by atoms with E-state index in [-0.39, 0.29) is 0 Å². The standard InChI is InChI=1S/C12H27N/c1-4-8-12(3,9-5-2)10-6-7-11-13/h4-11,13H2,1-3H3. The zero-order valence-corrected chi connectivity index (χ0v) is 9.73. The average molecular weight is 185 g/mol. The summed E-state index contributed by atoms with van der Waals surface area (Å²) in [7, 11) is 0. The Morgan fingerprint density at radius 3 is 1.85 bits per heavy atom. The molecule has 0 saturated carbocycles. The van der Waals surface area contributed by atoms with E-state index in [0.717, 1.165) is 6.54 Å². The van der Waals surface area contributed by atoms with Gasteiger partial charge in [-0.2, -0.15) is 0 Å². The lowest BCUT2D eigenvalue weighted by Crippen LogP contribution is -2.16. The summed E-state index contributed by atoms with van der Waals surface area (Å²) in [6, 6.07) is 0. The molecule has 0 saturated heterocycles. The van der Waals surface area contributed by atoms with Crippen LogP contribution in [0.1, 0.15) is 65.7 Å². The van der Waals surface area contributed by atoms with Crippen molar-refractivity contribution in [3.05, 3.63) is 0 Å². The van der Waals surface area contributed by atoms with Gasteiger partial charge in [-0.15, -0.1) is 0 Å². The minimum absolute atomic E-state index is 0.596. The molecule has 0 aromatic heterocycles. The van der Waals surface area contributed by atoms with E-state index in [9.17, 15) is 0 Å². The molecule has 2 N–H and O–H groups in total. The molecule has 0 rings (SSSR count). The first-order chi connectivity index (χ1) is 6.18. The minimum Gasteiger partial charge on any atom is -0.330 e. The van der Waals surface area contributed by atoms with Crippen molar-refractivity contribution in [3.63, 3.8) is 0 Å². The second-order valence-corrected chi connectivity index (χ2v) is 4.56. The van der Waals surface area contributed by atoms with Gasteiger partial charge < -0.3 is 5.73 Å². The van der Waals surface area contributed by atoms with Gasteiger partial charge in [-0.05, 0) is 37.6 Å². The van der Waals surface area contributed by atoms with Crippen LogP contribution in [0, 0.1) is 5.41 Å². The summed E-state index contributed by atoms with van der Waals surface area (Å²) in [5, 5.41) is 0. The predicted molar refractivity (Wildman–Crippen MR) is 60.8 cm³/mol. The number of rotatable bonds is 8. The molecule has 0 spiro atoms. The van der Waals surface area contributed by atoms with Gasteiger partial charge in [0.15, 0.2) is 0 Å². The van der Waals surface area contributed by atoms with Gasteiger partial charge >= 0.3 is 0 Å².